The summed E-state index contributed by atoms with van der Waals surface area (Å²) in [5.41, 5.74) is 0.993. The molecule has 0 spiro atoms. The predicted octanol–water partition coefficient (Wildman–Crippen LogP) is 2.19. The number of nitrogens with one attached hydrogen (secondary N) is 2. The number of anilines is 2. The van der Waals surface area contributed by atoms with Crippen molar-refractivity contribution in [2.45, 2.75) is 24.7 Å². The fourth-order valence-corrected chi connectivity index (χ4v) is 3.96. The van der Waals surface area contributed by atoms with E-state index in [2.05, 4.69) is 20.0 Å². The van der Waals surface area contributed by atoms with Gasteiger partial charge in [-0.25, -0.2) is 23.1 Å². The lowest BCUT2D eigenvalue weighted by molar-refractivity contribution is -0.146. The molecule has 3 rings (SSSR count). The van der Waals surface area contributed by atoms with E-state index in [1.807, 2.05) is 0 Å². The van der Waals surface area contributed by atoms with Crippen LogP contribution in [0.25, 0.3) is 0 Å². The average molecular weight is 416 g/mol. The summed E-state index contributed by atoms with van der Waals surface area (Å²) in [5, 5.41) is 11.9. The number of nitrogens with zero attached hydrogens (tertiary/aromatic N) is 2. The van der Waals surface area contributed by atoms with E-state index in [4.69, 9.17) is 0 Å². The first kappa shape index (κ1) is 20.5. The van der Waals surface area contributed by atoms with Gasteiger partial charge in [0.15, 0.2) is 0 Å². The van der Waals surface area contributed by atoms with Crippen LogP contribution in [0, 0.1) is 18.8 Å². The maximum Gasteiger partial charge on any atom is 0.307 e. The number of aromatic nitrogens is 2. The second-order valence-electron chi connectivity index (χ2n) is 6.63. The minimum Gasteiger partial charge on any atom is -0.481 e. The lowest BCUT2D eigenvalue weighted by Crippen LogP contribution is -2.34. The zero-order valence-electron chi connectivity index (χ0n) is 15.6. The Labute approximate surface area is 167 Å². The Morgan fingerprint density at radius 3 is 2.34 bits per heavy atom. The molecule has 1 aromatic heterocycles. The summed E-state index contributed by atoms with van der Waals surface area (Å²) < 4.78 is 27.2. The largest absolute Gasteiger partial charge is 0.481 e. The van der Waals surface area contributed by atoms with Crippen molar-refractivity contribution < 1.29 is 23.1 Å². The van der Waals surface area contributed by atoms with E-state index < -0.39 is 33.7 Å². The van der Waals surface area contributed by atoms with Gasteiger partial charge in [0.1, 0.15) is 0 Å². The second-order valence-corrected chi connectivity index (χ2v) is 8.32. The van der Waals surface area contributed by atoms with E-state index in [9.17, 15) is 23.1 Å². The van der Waals surface area contributed by atoms with Crippen LogP contribution < -0.4 is 10.0 Å². The molecular formula is C19H20N4O5S. The number of hydrogen-bond acceptors (Lipinski definition) is 6. The molecule has 1 amide bonds. The zero-order chi connectivity index (χ0) is 21.0. The lowest BCUT2D eigenvalue weighted by atomic mass is 9.82. The highest BCUT2D eigenvalue weighted by Gasteiger charge is 2.34. The van der Waals surface area contributed by atoms with Crippen molar-refractivity contribution in [2.75, 3.05) is 10.0 Å². The number of allylic oxidation sites excluding steroid dienone is 2. The highest BCUT2D eigenvalue weighted by atomic mass is 32.2. The van der Waals surface area contributed by atoms with Crippen molar-refractivity contribution in [3.05, 3.63) is 54.4 Å². The molecule has 29 heavy (non-hydrogen) atoms. The Bertz CT molecular complexity index is 1050. The van der Waals surface area contributed by atoms with E-state index in [1.54, 1.807) is 25.1 Å². The molecule has 0 saturated heterocycles. The van der Waals surface area contributed by atoms with Gasteiger partial charge in [-0.3, -0.25) is 9.59 Å². The highest BCUT2D eigenvalue weighted by Crippen LogP contribution is 2.27. The number of sulfonamides is 1. The van der Waals surface area contributed by atoms with E-state index >= 15 is 0 Å². The molecular weight excluding hydrogens is 396 g/mol. The number of benzene rings is 1. The third-order valence-corrected chi connectivity index (χ3v) is 5.88. The molecule has 0 unspecified atom stereocenters. The Morgan fingerprint density at radius 2 is 1.72 bits per heavy atom. The van der Waals surface area contributed by atoms with Crippen molar-refractivity contribution >= 4 is 33.5 Å². The molecule has 0 aliphatic heterocycles. The Balaban J connectivity index is 1.70. The summed E-state index contributed by atoms with van der Waals surface area (Å²) in [6, 6.07) is 7.20. The summed E-state index contributed by atoms with van der Waals surface area (Å²) in [7, 11) is -3.89. The van der Waals surface area contributed by atoms with Gasteiger partial charge in [0.05, 0.1) is 16.7 Å². The molecule has 1 aliphatic rings. The van der Waals surface area contributed by atoms with Gasteiger partial charge in [-0.15, -0.1) is 0 Å². The lowest BCUT2D eigenvalue weighted by Gasteiger charge is -2.24. The summed E-state index contributed by atoms with van der Waals surface area (Å²) in [6.07, 6.45) is 5.64. The third-order valence-electron chi connectivity index (χ3n) is 4.54. The first-order chi connectivity index (χ1) is 13.8. The van der Waals surface area contributed by atoms with E-state index in [-0.39, 0.29) is 10.8 Å². The van der Waals surface area contributed by atoms with Gasteiger partial charge in [0.25, 0.3) is 10.0 Å². The summed E-state index contributed by atoms with van der Waals surface area (Å²) in [5.74, 6) is -2.92. The Morgan fingerprint density at radius 1 is 1.07 bits per heavy atom. The third kappa shape index (κ3) is 4.96. The minimum absolute atomic E-state index is 0.0235. The molecule has 9 nitrogen and oxygen atoms in total. The normalized spacial score (nSPS) is 18.8. The van der Waals surface area contributed by atoms with Crippen molar-refractivity contribution in [2.24, 2.45) is 11.8 Å². The molecule has 0 fully saturated rings. The minimum atomic E-state index is -3.89. The van der Waals surface area contributed by atoms with Crippen molar-refractivity contribution in [1.82, 2.24) is 9.97 Å². The van der Waals surface area contributed by atoms with Gasteiger partial charge in [-0.2, -0.15) is 0 Å². The number of amides is 1. The second kappa shape index (κ2) is 8.39. The number of hydrogen-bond donors (Lipinski definition) is 3. The molecule has 2 atom stereocenters. The molecule has 10 heteroatoms. The van der Waals surface area contributed by atoms with Crippen molar-refractivity contribution in [3.63, 3.8) is 0 Å². The maximum absolute atomic E-state index is 12.5. The maximum atomic E-state index is 12.5. The van der Waals surface area contributed by atoms with Gasteiger partial charge < -0.3 is 10.4 Å². The summed E-state index contributed by atoms with van der Waals surface area (Å²) >= 11 is 0. The number of carboxylic acids is 1. The first-order valence-corrected chi connectivity index (χ1v) is 10.4. The molecule has 1 aromatic carbocycles. The van der Waals surface area contributed by atoms with Gasteiger partial charge in [0, 0.05) is 17.6 Å². The van der Waals surface area contributed by atoms with Crippen LogP contribution in [0.1, 0.15) is 18.5 Å². The first-order valence-electron chi connectivity index (χ1n) is 8.87. The van der Waals surface area contributed by atoms with Crippen LogP contribution in [0.4, 0.5) is 11.6 Å². The van der Waals surface area contributed by atoms with Gasteiger partial charge in [-0.05, 0) is 50.1 Å². The van der Waals surface area contributed by atoms with Crippen LogP contribution in [0.2, 0.25) is 0 Å². The average Bonchev–Trinajstić information content (AvgIpc) is 2.68. The van der Waals surface area contributed by atoms with E-state index in [0.717, 1.165) is 0 Å². The van der Waals surface area contributed by atoms with Crippen molar-refractivity contribution in [1.29, 1.82) is 0 Å². The standard InChI is InChI=1S/C19H20N4O5S/c1-12-10-11-20-19(21-12)23-29(27,28)14-8-6-13(7-9-14)22-17(24)15-4-2-3-5-16(15)18(25)26/h2-3,6-11,15-16H,4-5H2,1H3,(H,22,24)(H,25,26)(H,20,21,23)/t15-,16-/m0/s1. The SMILES string of the molecule is Cc1ccnc(NS(=O)(=O)c2ccc(NC(=O)[C@H]3CC=CC[C@@H]3C(=O)O)cc2)n1. The number of carbonyl (C=O) groups is 2. The van der Waals surface area contributed by atoms with Crippen LogP contribution in [0.5, 0.6) is 0 Å². The van der Waals surface area contributed by atoms with Crippen LogP contribution in [0.3, 0.4) is 0 Å². The van der Waals surface area contributed by atoms with Crippen LogP contribution in [0.15, 0.2) is 53.6 Å². The molecule has 0 radical (unpaired) electrons. The molecule has 1 heterocycles. The number of rotatable bonds is 6. The smallest absolute Gasteiger partial charge is 0.307 e. The number of aliphatic carboxylic acids is 1. The zero-order valence-corrected chi connectivity index (χ0v) is 16.4. The molecule has 3 N–H and O–H groups in total. The molecule has 0 saturated carbocycles. The van der Waals surface area contributed by atoms with Crippen LogP contribution >= 0.6 is 0 Å². The van der Waals surface area contributed by atoms with Gasteiger partial charge in [-0.1, -0.05) is 12.2 Å². The fraction of sp³-hybridized carbons (Fsp3) is 0.263. The monoisotopic (exact) mass is 416 g/mol. The van der Waals surface area contributed by atoms with Gasteiger partial charge in [0.2, 0.25) is 11.9 Å². The molecule has 1 aliphatic carbocycles. The Kier molecular flexibility index (Phi) is 5.92. The van der Waals surface area contributed by atoms with Crippen LogP contribution in [-0.4, -0.2) is 35.4 Å². The number of carboxylic acid groups (broad SMARTS) is 1. The fourth-order valence-electron chi connectivity index (χ4n) is 3.01. The summed E-state index contributed by atoms with van der Waals surface area (Å²) in [6.45, 7) is 1.72. The summed E-state index contributed by atoms with van der Waals surface area (Å²) in [4.78, 5) is 31.7. The van der Waals surface area contributed by atoms with E-state index in [1.165, 1.54) is 30.5 Å². The quantitative estimate of drug-likeness (QED) is 0.614. The molecule has 0 bridgehead atoms. The van der Waals surface area contributed by atoms with E-state index in [0.29, 0.717) is 24.2 Å². The highest BCUT2D eigenvalue weighted by molar-refractivity contribution is 7.92. The molecule has 2 aromatic rings. The Hall–Kier alpha value is -3.27. The molecule has 152 valence electrons. The topological polar surface area (TPSA) is 138 Å². The van der Waals surface area contributed by atoms with Crippen molar-refractivity contribution in [3.8, 4) is 0 Å². The number of aryl methyl sites for hydroxylation is 1. The number of carbonyl (C=O) groups excluding carboxylic acids is 1. The van der Waals surface area contributed by atoms with Crippen LogP contribution in [-0.2, 0) is 19.6 Å². The predicted molar refractivity (Wildman–Crippen MR) is 106 cm³/mol. The van der Waals surface area contributed by atoms with Gasteiger partial charge >= 0.3 is 5.97 Å².